The Morgan fingerprint density at radius 2 is 1.76 bits per heavy atom. The van der Waals surface area contributed by atoms with E-state index in [0.29, 0.717) is 12.5 Å². The van der Waals surface area contributed by atoms with E-state index in [4.69, 9.17) is 4.74 Å². The van der Waals surface area contributed by atoms with E-state index < -0.39 is 12.4 Å². The second-order valence-corrected chi connectivity index (χ2v) is 4.57. The fourth-order valence-corrected chi connectivity index (χ4v) is 2.27. The smallest absolute Gasteiger partial charge is 0.496 e. The van der Waals surface area contributed by atoms with Crippen molar-refractivity contribution < 1.29 is 17.7 Å². The first-order chi connectivity index (χ1) is 8.07. The van der Waals surface area contributed by atoms with Gasteiger partial charge in [0.15, 0.2) is 0 Å². The van der Waals surface area contributed by atoms with E-state index >= 15 is 0 Å². The van der Waals surface area contributed by atoms with Gasteiger partial charge in [0.1, 0.15) is 0 Å². The lowest BCUT2D eigenvalue weighted by atomic mass is 9.79. The highest BCUT2D eigenvalue weighted by molar-refractivity contribution is 6.74. The molecule has 1 aliphatic rings. The van der Waals surface area contributed by atoms with E-state index in [1.165, 1.54) is 25.0 Å². The Balaban J connectivity index is 2.04. The van der Waals surface area contributed by atoms with Crippen LogP contribution in [0.2, 0.25) is 0 Å². The molecule has 0 spiro atoms. The zero-order valence-corrected chi connectivity index (χ0v) is 9.54. The first-order valence-corrected chi connectivity index (χ1v) is 5.99. The van der Waals surface area contributed by atoms with Crippen LogP contribution >= 0.6 is 0 Å². The van der Waals surface area contributed by atoms with Gasteiger partial charge >= 0.3 is 6.98 Å². The summed E-state index contributed by atoms with van der Waals surface area (Å²) in [5.41, 5.74) is -0.620. The maximum atomic E-state index is 12.7. The quantitative estimate of drug-likeness (QED) is 0.737. The van der Waals surface area contributed by atoms with Crippen molar-refractivity contribution in [3.05, 3.63) is 24.3 Å². The summed E-state index contributed by atoms with van der Waals surface area (Å²) in [6.07, 6.45) is 4.47. The summed E-state index contributed by atoms with van der Waals surface area (Å²) in [6, 6.07) is 5.46. The molecule has 1 aliphatic carbocycles. The van der Waals surface area contributed by atoms with Gasteiger partial charge in [-0.2, -0.15) is 0 Å². The Morgan fingerprint density at radius 1 is 1.12 bits per heavy atom. The summed E-state index contributed by atoms with van der Waals surface area (Å²) < 4.78 is 43.5. The Kier molecular flexibility index (Phi) is 3.65. The molecular formula is C12H15BF3O-. The van der Waals surface area contributed by atoms with Crippen LogP contribution in [0.1, 0.15) is 25.7 Å². The summed E-state index contributed by atoms with van der Waals surface area (Å²) in [6.45, 7) is -4.58. The van der Waals surface area contributed by atoms with Crippen LogP contribution in [-0.4, -0.2) is 13.6 Å². The average Bonchev–Trinajstić information content (AvgIpc) is 2.78. The van der Waals surface area contributed by atoms with Crippen LogP contribution in [0.3, 0.4) is 0 Å². The van der Waals surface area contributed by atoms with Crippen molar-refractivity contribution >= 4 is 12.4 Å². The van der Waals surface area contributed by atoms with Crippen molar-refractivity contribution in [1.82, 2.24) is 0 Å². The number of rotatable bonds is 4. The standard InChI is InChI=1S/C12H15BF3O/c14-13(15,16)11-7-3-4-8-12(11)17-9-10-5-1-2-6-10/h3-4,7-8,10H,1-2,5-6,9H2/q-1. The van der Waals surface area contributed by atoms with Crippen molar-refractivity contribution in [1.29, 1.82) is 0 Å². The number of ether oxygens (including phenoxy) is 1. The van der Waals surface area contributed by atoms with Gasteiger partial charge in [0.2, 0.25) is 0 Å². The summed E-state index contributed by atoms with van der Waals surface area (Å²) in [4.78, 5) is 0. The van der Waals surface area contributed by atoms with E-state index in [9.17, 15) is 12.9 Å². The third-order valence-electron chi connectivity index (χ3n) is 3.22. The van der Waals surface area contributed by atoms with E-state index in [2.05, 4.69) is 0 Å². The highest BCUT2D eigenvalue weighted by atomic mass is 19.4. The lowest BCUT2D eigenvalue weighted by Crippen LogP contribution is -2.35. The van der Waals surface area contributed by atoms with Crippen LogP contribution in [0.15, 0.2) is 24.3 Å². The maximum absolute atomic E-state index is 12.7. The van der Waals surface area contributed by atoms with E-state index in [-0.39, 0.29) is 5.75 Å². The predicted octanol–water partition coefficient (Wildman–Crippen LogP) is 3.31. The minimum absolute atomic E-state index is 0.0214. The van der Waals surface area contributed by atoms with Crippen LogP contribution < -0.4 is 10.2 Å². The number of hydrogen-bond donors (Lipinski definition) is 0. The molecule has 1 aromatic rings. The molecule has 0 saturated heterocycles. The van der Waals surface area contributed by atoms with E-state index in [1.807, 2.05) is 0 Å². The number of benzene rings is 1. The van der Waals surface area contributed by atoms with Gasteiger partial charge in [-0.3, -0.25) is 0 Å². The molecule has 1 fully saturated rings. The Morgan fingerprint density at radius 3 is 2.41 bits per heavy atom. The summed E-state index contributed by atoms with van der Waals surface area (Å²) >= 11 is 0. The zero-order chi connectivity index (χ0) is 12.3. The highest BCUT2D eigenvalue weighted by Gasteiger charge is 2.29. The zero-order valence-electron chi connectivity index (χ0n) is 9.54. The molecule has 94 valence electrons. The predicted molar refractivity (Wildman–Crippen MR) is 62.6 cm³/mol. The molecule has 1 aromatic carbocycles. The van der Waals surface area contributed by atoms with Crippen molar-refractivity contribution in [2.45, 2.75) is 25.7 Å². The van der Waals surface area contributed by atoms with Crippen LogP contribution in [0.25, 0.3) is 0 Å². The molecule has 2 rings (SSSR count). The van der Waals surface area contributed by atoms with Crippen molar-refractivity contribution in [2.24, 2.45) is 5.92 Å². The molecule has 0 radical (unpaired) electrons. The Hall–Kier alpha value is -1.13. The number of para-hydroxylation sites is 1. The molecule has 0 heterocycles. The molecule has 1 saturated carbocycles. The van der Waals surface area contributed by atoms with Gasteiger partial charge in [-0.25, -0.2) is 0 Å². The molecule has 0 atom stereocenters. The fraction of sp³-hybridized carbons (Fsp3) is 0.500. The molecule has 5 heteroatoms. The second kappa shape index (κ2) is 5.02. The van der Waals surface area contributed by atoms with Crippen LogP contribution in [0.4, 0.5) is 12.9 Å². The first-order valence-electron chi connectivity index (χ1n) is 5.99. The monoisotopic (exact) mass is 243 g/mol. The van der Waals surface area contributed by atoms with Gasteiger partial charge < -0.3 is 17.7 Å². The van der Waals surface area contributed by atoms with Crippen LogP contribution in [0, 0.1) is 5.92 Å². The third-order valence-corrected chi connectivity index (χ3v) is 3.22. The van der Waals surface area contributed by atoms with Crippen molar-refractivity contribution in [3.8, 4) is 5.75 Å². The van der Waals surface area contributed by atoms with E-state index in [1.54, 1.807) is 6.07 Å². The summed E-state index contributed by atoms with van der Waals surface area (Å²) in [7, 11) is 0. The summed E-state index contributed by atoms with van der Waals surface area (Å²) in [5, 5.41) is 0. The van der Waals surface area contributed by atoms with Gasteiger partial charge in [-0.15, -0.1) is 0 Å². The van der Waals surface area contributed by atoms with Gasteiger partial charge in [0.25, 0.3) is 0 Å². The Bertz CT molecular complexity index is 372. The first kappa shape index (κ1) is 12.3. The van der Waals surface area contributed by atoms with Crippen molar-refractivity contribution in [2.75, 3.05) is 6.61 Å². The largest absolute Gasteiger partial charge is 0.513 e. The average molecular weight is 243 g/mol. The van der Waals surface area contributed by atoms with Gasteiger partial charge in [-0.05, 0) is 24.8 Å². The molecule has 0 bridgehead atoms. The molecule has 0 unspecified atom stereocenters. The van der Waals surface area contributed by atoms with Crippen LogP contribution in [-0.2, 0) is 0 Å². The van der Waals surface area contributed by atoms with Gasteiger partial charge in [0, 0.05) is 0 Å². The van der Waals surface area contributed by atoms with Crippen molar-refractivity contribution in [3.63, 3.8) is 0 Å². The normalized spacial score (nSPS) is 17.4. The molecule has 0 amide bonds. The van der Waals surface area contributed by atoms with Gasteiger partial charge in [-0.1, -0.05) is 36.5 Å². The maximum Gasteiger partial charge on any atom is 0.513 e. The fourth-order valence-electron chi connectivity index (χ4n) is 2.27. The lowest BCUT2D eigenvalue weighted by molar-refractivity contribution is 0.253. The molecule has 1 nitrogen and oxygen atoms in total. The molecular weight excluding hydrogens is 228 g/mol. The minimum atomic E-state index is -4.99. The van der Waals surface area contributed by atoms with Gasteiger partial charge in [0.05, 0.1) is 12.4 Å². The number of hydrogen-bond acceptors (Lipinski definition) is 1. The van der Waals surface area contributed by atoms with Crippen LogP contribution in [0.5, 0.6) is 5.75 Å². The summed E-state index contributed by atoms with van der Waals surface area (Å²) in [5.74, 6) is 0.399. The number of halogens is 3. The minimum Gasteiger partial charge on any atom is -0.496 e. The van der Waals surface area contributed by atoms with E-state index in [0.717, 1.165) is 18.9 Å². The second-order valence-electron chi connectivity index (χ2n) is 4.57. The molecule has 0 N–H and O–H groups in total. The highest BCUT2D eigenvalue weighted by Crippen LogP contribution is 2.26. The topological polar surface area (TPSA) is 9.23 Å². The third kappa shape index (κ3) is 3.17. The lowest BCUT2D eigenvalue weighted by Gasteiger charge is -2.20. The molecule has 17 heavy (non-hydrogen) atoms. The molecule has 0 aromatic heterocycles. The Labute approximate surface area is 99.0 Å². The SMILES string of the molecule is F[B-](F)(F)c1ccccc1OCC1CCCC1. The molecule has 0 aliphatic heterocycles.